The molecular weight excluding hydrogens is 293 g/mol. The van der Waals surface area contributed by atoms with E-state index in [0.717, 1.165) is 19.6 Å². The van der Waals surface area contributed by atoms with Crippen LogP contribution in [0.5, 0.6) is 0 Å². The fraction of sp³-hybridized carbons (Fsp3) is 0.462. The Kier molecular flexibility index (Phi) is 8.62. The third kappa shape index (κ3) is 5.15. The van der Waals surface area contributed by atoms with Gasteiger partial charge in [0.25, 0.3) is 0 Å². The van der Waals surface area contributed by atoms with Crippen molar-refractivity contribution >= 4 is 29.0 Å². The number of hydrogen-bond acceptors (Lipinski definition) is 1. The van der Waals surface area contributed by atoms with Crippen LogP contribution in [0, 0.1) is 0 Å². The lowest BCUT2D eigenvalue weighted by Gasteiger charge is -2.14. The van der Waals surface area contributed by atoms with Crippen LogP contribution in [0.2, 0.25) is 10.0 Å². The Bertz CT molecular complexity index is 392. The normalized spacial score (nSPS) is 10.3. The van der Waals surface area contributed by atoms with Gasteiger partial charge in [-0.05, 0) is 32.0 Å². The number of halogens is 3. The van der Waals surface area contributed by atoms with Crippen LogP contribution in [-0.2, 0) is 0 Å². The van der Waals surface area contributed by atoms with Crippen molar-refractivity contribution in [1.29, 1.82) is 0 Å². The smallest absolute Gasteiger partial charge is 0.169 e. The molecule has 5 heteroatoms. The monoisotopic (exact) mass is 309 g/mol. The molecule has 0 radical (unpaired) electrons. The van der Waals surface area contributed by atoms with E-state index in [2.05, 4.69) is 13.8 Å². The molecule has 0 spiro atoms. The first kappa shape index (κ1) is 17.7. The summed E-state index contributed by atoms with van der Waals surface area (Å²) in [5, 5.41) is 0.998. The molecule has 18 heavy (non-hydrogen) atoms. The van der Waals surface area contributed by atoms with Crippen LogP contribution in [0.4, 0.5) is 0 Å². The van der Waals surface area contributed by atoms with Gasteiger partial charge in [0, 0.05) is 10.6 Å². The summed E-state index contributed by atoms with van der Waals surface area (Å²) < 4.78 is 0. The molecule has 0 atom stereocenters. The summed E-state index contributed by atoms with van der Waals surface area (Å²) in [7, 11) is 0. The molecule has 0 fully saturated rings. The Morgan fingerprint density at radius 1 is 1.22 bits per heavy atom. The highest BCUT2D eigenvalue weighted by atomic mass is 35.5. The molecule has 0 aliphatic rings. The molecule has 0 saturated heterocycles. The van der Waals surface area contributed by atoms with Crippen LogP contribution in [0.1, 0.15) is 30.6 Å². The van der Waals surface area contributed by atoms with Gasteiger partial charge in [-0.3, -0.25) is 4.79 Å². The summed E-state index contributed by atoms with van der Waals surface area (Å²) in [6.07, 6.45) is 0.526. The van der Waals surface area contributed by atoms with Gasteiger partial charge in [-0.2, -0.15) is 0 Å². The summed E-state index contributed by atoms with van der Waals surface area (Å²) >= 11 is 11.8. The molecule has 2 nitrogen and oxygen atoms in total. The summed E-state index contributed by atoms with van der Waals surface area (Å²) in [5.74, 6) is 0.0890. The highest BCUT2D eigenvalue weighted by molar-refractivity contribution is 6.36. The fourth-order valence-corrected chi connectivity index (χ4v) is 2.26. The molecular formula is C13H18Cl3NO. The minimum Gasteiger partial charge on any atom is -1.00 e. The number of quaternary nitrogens is 1. The lowest BCUT2D eigenvalue weighted by molar-refractivity contribution is -0.895. The van der Waals surface area contributed by atoms with Gasteiger partial charge in [0.1, 0.15) is 0 Å². The SMILES string of the molecule is CC[NH+](CC)CCC(=O)c1ccc(Cl)cc1Cl.[Cl-]. The maximum absolute atomic E-state index is 12.0. The third-order valence-corrected chi connectivity index (χ3v) is 3.48. The van der Waals surface area contributed by atoms with E-state index in [0.29, 0.717) is 22.0 Å². The number of ketones is 1. The number of nitrogens with one attached hydrogen (secondary N) is 1. The maximum Gasteiger partial charge on any atom is 0.169 e. The topological polar surface area (TPSA) is 21.5 Å². The molecule has 0 aromatic heterocycles. The largest absolute Gasteiger partial charge is 1.00 e. The number of carbonyl (C=O) groups is 1. The average molecular weight is 311 g/mol. The van der Waals surface area contributed by atoms with Crippen molar-refractivity contribution in [3.63, 3.8) is 0 Å². The van der Waals surface area contributed by atoms with E-state index in [1.807, 2.05) is 0 Å². The van der Waals surface area contributed by atoms with Gasteiger partial charge in [-0.15, -0.1) is 0 Å². The number of Topliss-reactive ketones (excluding diaryl/α,β-unsaturated/α-hetero) is 1. The van der Waals surface area contributed by atoms with Crippen molar-refractivity contribution in [1.82, 2.24) is 0 Å². The van der Waals surface area contributed by atoms with Crippen LogP contribution < -0.4 is 17.3 Å². The highest BCUT2D eigenvalue weighted by Gasteiger charge is 2.13. The second kappa shape index (κ2) is 8.76. The quantitative estimate of drug-likeness (QED) is 0.703. The molecule has 0 aliphatic carbocycles. The predicted molar refractivity (Wildman–Crippen MR) is 72.3 cm³/mol. The molecule has 1 N–H and O–H groups in total. The van der Waals surface area contributed by atoms with E-state index >= 15 is 0 Å². The molecule has 102 valence electrons. The molecule has 0 aliphatic heterocycles. The van der Waals surface area contributed by atoms with E-state index in [1.165, 1.54) is 4.90 Å². The van der Waals surface area contributed by atoms with Crippen molar-refractivity contribution in [2.45, 2.75) is 20.3 Å². The van der Waals surface area contributed by atoms with Gasteiger partial charge in [-0.25, -0.2) is 0 Å². The zero-order valence-corrected chi connectivity index (χ0v) is 12.9. The highest BCUT2D eigenvalue weighted by Crippen LogP contribution is 2.21. The van der Waals surface area contributed by atoms with E-state index in [1.54, 1.807) is 18.2 Å². The summed E-state index contributed by atoms with van der Waals surface area (Å²) in [4.78, 5) is 13.4. The first-order chi connectivity index (χ1) is 8.08. The maximum atomic E-state index is 12.0. The van der Waals surface area contributed by atoms with Gasteiger partial charge in [0.2, 0.25) is 0 Å². The lowest BCUT2D eigenvalue weighted by atomic mass is 10.1. The molecule has 0 bridgehead atoms. The van der Waals surface area contributed by atoms with Gasteiger partial charge in [0.05, 0.1) is 31.1 Å². The number of carbonyl (C=O) groups excluding carboxylic acids is 1. The minimum absolute atomic E-state index is 0. The Morgan fingerprint density at radius 3 is 2.33 bits per heavy atom. The first-order valence-corrected chi connectivity index (χ1v) is 6.65. The van der Waals surface area contributed by atoms with Crippen molar-refractivity contribution in [2.75, 3.05) is 19.6 Å². The van der Waals surface area contributed by atoms with Gasteiger partial charge in [-0.1, -0.05) is 23.2 Å². The Morgan fingerprint density at radius 2 is 1.83 bits per heavy atom. The van der Waals surface area contributed by atoms with Gasteiger partial charge >= 0.3 is 0 Å². The van der Waals surface area contributed by atoms with E-state index in [-0.39, 0.29) is 18.2 Å². The Hall–Kier alpha value is -0.280. The summed E-state index contributed by atoms with van der Waals surface area (Å²) in [6.45, 7) is 7.18. The molecule has 1 rings (SSSR count). The van der Waals surface area contributed by atoms with Gasteiger partial charge < -0.3 is 17.3 Å². The summed E-state index contributed by atoms with van der Waals surface area (Å²) in [5.41, 5.74) is 0.572. The predicted octanol–water partition coefficient (Wildman–Crippen LogP) is -0.505. The van der Waals surface area contributed by atoms with E-state index in [9.17, 15) is 4.79 Å². The molecule has 0 unspecified atom stereocenters. The van der Waals surface area contributed by atoms with E-state index < -0.39 is 0 Å². The molecule has 0 amide bonds. The second-order valence-electron chi connectivity index (χ2n) is 4.00. The third-order valence-electron chi connectivity index (χ3n) is 2.94. The molecule has 0 heterocycles. The minimum atomic E-state index is 0. The average Bonchev–Trinajstić information content (AvgIpc) is 2.30. The van der Waals surface area contributed by atoms with Crippen molar-refractivity contribution in [3.8, 4) is 0 Å². The zero-order chi connectivity index (χ0) is 12.8. The van der Waals surface area contributed by atoms with Gasteiger partial charge in [0.15, 0.2) is 5.78 Å². The first-order valence-electron chi connectivity index (χ1n) is 5.90. The number of benzene rings is 1. The molecule has 1 aromatic carbocycles. The Labute approximate surface area is 125 Å². The Balaban J connectivity index is 0.00000289. The molecule has 1 aromatic rings. The molecule has 0 saturated carbocycles. The van der Waals surface area contributed by atoms with Crippen LogP contribution in [-0.4, -0.2) is 25.4 Å². The van der Waals surface area contributed by atoms with Crippen LogP contribution in [0.25, 0.3) is 0 Å². The summed E-state index contributed by atoms with van der Waals surface area (Å²) in [6, 6.07) is 5.01. The van der Waals surface area contributed by atoms with Crippen LogP contribution in [0.15, 0.2) is 18.2 Å². The second-order valence-corrected chi connectivity index (χ2v) is 4.85. The van der Waals surface area contributed by atoms with Crippen LogP contribution >= 0.6 is 23.2 Å². The van der Waals surface area contributed by atoms with Crippen molar-refractivity contribution in [3.05, 3.63) is 33.8 Å². The van der Waals surface area contributed by atoms with Crippen molar-refractivity contribution in [2.24, 2.45) is 0 Å². The number of rotatable bonds is 6. The van der Waals surface area contributed by atoms with E-state index in [4.69, 9.17) is 23.2 Å². The lowest BCUT2D eigenvalue weighted by Crippen LogP contribution is -3.11. The van der Waals surface area contributed by atoms with Crippen molar-refractivity contribution < 1.29 is 22.1 Å². The fourth-order valence-electron chi connectivity index (χ4n) is 1.74. The van der Waals surface area contributed by atoms with Crippen LogP contribution in [0.3, 0.4) is 0 Å². The number of hydrogen-bond donors (Lipinski definition) is 1. The standard InChI is InChI=1S/C13H17Cl2NO.ClH/c1-3-16(4-2)8-7-13(17)11-6-5-10(14)9-12(11)15;/h5-6,9H,3-4,7-8H2,1-2H3;1H. The zero-order valence-electron chi connectivity index (χ0n) is 10.6.